The minimum atomic E-state index is -0.189. The molecule has 1 fully saturated rings. The zero-order valence-corrected chi connectivity index (χ0v) is 10.6. The fraction of sp³-hybridized carbons (Fsp3) is 0.692. The Hall–Kier alpha value is -0.380. The van der Waals surface area contributed by atoms with Gasteiger partial charge in [-0.2, -0.15) is 0 Å². The standard InChI is InChI=1S/C13H19NOS/c1-8-9-4-2-6-11(9)16-13(8)12-10(15)5-3-7-14-12/h10,12,14-15H,2-7H2,1H3. The summed E-state index contributed by atoms with van der Waals surface area (Å²) in [6.45, 7) is 3.28. The van der Waals surface area contributed by atoms with Gasteiger partial charge in [0.15, 0.2) is 0 Å². The highest BCUT2D eigenvalue weighted by Crippen LogP contribution is 2.40. The van der Waals surface area contributed by atoms with Crippen LogP contribution in [-0.4, -0.2) is 17.8 Å². The first-order valence-electron chi connectivity index (χ1n) is 6.30. The summed E-state index contributed by atoms with van der Waals surface area (Å²) in [4.78, 5) is 2.98. The van der Waals surface area contributed by atoms with Crippen molar-refractivity contribution in [3.8, 4) is 0 Å². The zero-order valence-electron chi connectivity index (χ0n) is 9.75. The second kappa shape index (κ2) is 4.13. The second-order valence-electron chi connectivity index (χ2n) is 4.99. The van der Waals surface area contributed by atoms with Crippen molar-refractivity contribution in [3.63, 3.8) is 0 Å². The molecule has 2 aliphatic rings. The first kappa shape index (κ1) is 10.8. The highest BCUT2D eigenvalue weighted by atomic mass is 32.1. The maximum atomic E-state index is 10.1. The van der Waals surface area contributed by atoms with Crippen LogP contribution in [0.5, 0.6) is 0 Å². The van der Waals surface area contributed by atoms with Gasteiger partial charge in [0.1, 0.15) is 0 Å². The van der Waals surface area contributed by atoms with Gasteiger partial charge in [0.25, 0.3) is 0 Å². The molecule has 1 aliphatic carbocycles. The lowest BCUT2D eigenvalue weighted by atomic mass is 9.97. The first-order valence-corrected chi connectivity index (χ1v) is 7.11. The first-order chi connectivity index (χ1) is 7.77. The second-order valence-corrected chi connectivity index (χ2v) is 6.12. The number of fused-ring (bicyclic) bond motifs is 1. The highest BCUT2D eigenvalue weighted by Gasteiger charge is 2.29. The maximum Gasteiger partial charge on any atom is 0.0743 e. The number of piperidine rings is 1. The summed E-state index contributed by atoms with van der Waals surface area (Å²) >= 11 is 1.94. The van der Waals surface area contributed by atoms with Gasteiger partial charge >= 0.3 is 0 Å². The van der Waals surface area contributed by atoms with Crippen molar-refractivity contribution in [2.24, 2.45) is 0 Å². The zero-order chi connectivity index (χ0) is 11.1. The van der Waals surface area contributed by atoms with Crippen LogP contribution in [0.2, 0.25) is 0 Å². The van der Waals surface area contributed by atoms with Gasteiger partial charge in [0.05, 0.1) is 12.1 Å². The number of thiophene rings is 1. The normalized spacial score (nSPS) is 29.4. The number of aliphatic hydroxyl groups excluding tert-OH is 1. The Morgan fingerprint density at radius 1 is 1.31 bits per heavy atom. The van der Waals surface area contributed by atoms with Crippen molar-refractivity contribution < 1.29 is 5.11 Å². The lowest BCUT2D eigenvalue weighted by molar-refractivity contribution is 0.0977. The van der Waals surface area contributed by atoms with E-state index in [4.69, 9.17) is 0 Å². The summed E-state index contributed by atoms with van der Waals surface area (Å²) in [5, 5.41) is 13.6. The number of hydrogen-bond donors (Lipinski definition) is 2. The van der Waals surface area contributed by atoms with Crippen molar-refractivity contribution in [1.82, 2.24) is 5.32 Å². The fourth-order valence-electron chi connectivity index (χ4n) is 3.02. The van der Waals surface area contributed by atoms with E-state index in [2.05, 4.69) is 12.2 Å². The molecule has 2 atom stereocenters. The Bertz CT molecular complexity index is 399. The Morgan fingerprint density at radius 3 is 2.94 bits per heavy atom. The monoisotopic (exact) mass is 237 g/mol. The molecule has 1 saturated heterocycles. The lowest BCUT2D eigenvalue weighted by Crippen LogP contribution is -2.37. The van der Waals surface area contributed by atoms with Crippen LogP contribution in [0.25, 0.3) is 0 Å². The molecule has 1 aliphatic heterocycles. The molecule has 2 nitrogen and oxygen atoms in total. The number of aliphatic hydroxyl groups is 1. The highest BCUT2D eigenvalue weighted by molar-refractivity contribution is 7.12. The predicted molar refractivity (Wildman–Crippen MR) is 67.1 cm³/mol. The van der Waals surface area contributed by atoms with E-state index in [9.17, 15) is 5.11 Å². The third kappa shape index (κ3) is 1.62. The SMILES string of the molecule is Cc1c(C2NCCCC2O)sc2c1CCC2. The molecule has 3 heteroatoms. The molecule has 2 heterocycles. The van der Waals surface area contributed by atoms with Gasteiger partial charge in [-0.3, -0.25) is 0 Å². The summed E-state index contributed by atoms with van der Waals surface area (Å²) < 4.78 is 0. The number of nitrogens with one attached hydrogen (secondary N) is 1. The molecular weight excluding hydrogens is 218 g/mol. The molecule has 88 valence electrons. The number of hydrogen-bond acceptors (Lipinski definition) is 3. The van der Waals surface area contributed by atoms with Crippen LogP contribution >= 0.6 is 11.3 Å². The lowest BCUT2D eigenvalue weighted by Gasteiger charge is -2.29. The Labute approximate surface area is 101 Å². The van der Waals surface area contributed by atoms with E-state index in [1.807, 2.05) is 11.3 Å². The molecule has 1 aromatic heterocycles. The fourth-order valence-corrected chi connectivity index (χ4v) is 4.55. The molecule has 0 spiro atoms. The van der Waals surface area contributed by atoms with Crippen LogP contribution in [0.1, 0.15) is 46.2 Å². The van der Waals surface area contributed by atoms with Gasteiger partial charge in [-0.05, 0) is 56.7 Å². The smallest absolute Gasteiger partial charge is 0.0743 e. The van der Waals surface area contributed by atoms with E-state index in [0.29, 0.717) is 0 Å². The topological polar surface area (TPSA) is 32.3 Å². The van der Waals surface area contributed by atoms with E-state index in [1.54, 1.807) is 10.4 Å². The van der Waals surface area contributed by atoms with Gasteiger partial charge in [-0.1, -0.05) is 0 Å². The van der Waals surface area contributed by atoms with Gasteiger partial charge in [0.2, 0.25) is 0 Å². The van der Waals surface area contributed by atoms with Crippen LogP contribution in [0.15, 0.2) is 0 Å². The quantitative estimate of drug-likeness (QED) is 0.785. The Kier molecular flexibility index (Phi) is 2.78. The molecule has 1 aromatic rings. The van der Waals surface area contributed by atoms with Crippen molar-refractivity contribution in [2.75, 3.05) is 6.54 Å². The molecule has 2 N–H and O–H groups in total. The van der Waals surface area contributed by atoms with Crippen LogP contribution in [0.4, 0.5) is 0 Å². The molecule has 0 aromatic carbocycles. The van der Waals surface area contributed by atoms with E-state index in [-0.39, 0.29) is 12.1 Å². The van der Waals surface area contributed by atoms with Crippen LogP contribution < -0.4 is 5.32 Å². The van der Waals surface area contributed by atoms with Crippen LogP contribution in [0.3, 0.4) is 0 Å². The van der Waals surface area contributed by atoms with Gasteiger partial charge in [-0.25, -0.2) is 0 Å². The van der Waals surface area contributed by atoms with Gasteiger partial charge < -0.3 is 10.4 Å². The van der Waals surface area contributed by atoms with Crippen LogP contribution in [0, 0.1) is 6.92 Å². The summed E-state index contributed by atoms with van der Waals surface area (Å²) in [5.74, 6) is 0. The summed E-state index contributed by atoms with van der Waals surface area (Å²) in [6, 6.07) is 0.198. The third-order valence-electron chi connectivity index (χ3n) is 3.93. The van der Waals surface area contributed by atoms with E-state index < -0.39 is 0 Å². The largest absolute Gasteiger partial charge is 0.391 e. The molecule has 16 heavy (non-hydrogen) atoms. The number of aryl methyl sites for hydroxylation is 1. The van der Waals surface area contributed by atoms with Crippen molar-refractivity contribution >= 4 is 11.3 Å². The average Bonchev–Trinajstić information content (AvgIpc) is 2.83. The summed E-state index contributed by atoms with van der Waals surface area (Å²) in [6.07, 6.45) is 5.68. The molecule has 3 rings (SSSR count). The molecule has 0 amide bonds. The van der Waals surface area contributed by atoms with E-state index >= 15 is 0 Å². The minimum absolute atomic E-state index is 0.189. The minimum Gasteiger partial charge on any atom is -0.391 e. The molecule has 0 saturated carbocycles. The Morgan fingerprint density at radius 2 is 2.19 bits per heavy atom. The van der Waals surface area contributed by atoms with Gasteiger partial charge in [0, 0.05) is 9.75 Å². The summed E-state index contributed by atoms with van der Waals surface area (Å²) in [5.41, 5.74) is 3.04. The average molecular weight is 237 g/mol. The molecular formula is C13H19NOS. The van der Waals surface area contributed by atoms with Gasteiger partial charge in [-0.15, -0.1) is 11.3 Å². The van der Waals surface area contributed by atoms with E-state index in [1.165, 1.54) is 29.7 Å². The van der Waals surface area contributed by atoms with Crippen molar-refractivity contribution in [1.29, 1.82) is 0 Å². The van der Waals surface area contributed by atoms with Crippen molar-refractivity contribution in [3.05, 3.63) is 20.9 Å². The van der Waals surface area contributed by atoms with Crippen molar-refractivity contribution in [2.45, 2.75) is 51.2 Å². The molecule has 0 bridgehead atoms. The molecule has 2 unspecified atom stereocenters. The Balaban J connectivity index is 1.94. The maximum absolute atomic E-state index is 10.1. The predicted octanol–water partition coefficient (Wildman–Crippen LogP) is 2.33. The third-order valence-corrected chi connectivity index (χ3v) is 5.41. The summed E-state index contributed by atoms with van der Waals surface area (Å²) in [7, 11) is 0. The van der Waals surface area contributed by atoms with Crippen LogP contribution in [-0.2, 0) is 12.8 Å². The number of rotatable bonds is 1. The van der Waals surface area contributed by atoms with E-state index in [0.717, 1.165) is 19.4 Å². The molecule has 0 radical (unpaired) electrons.